The molecule has 34 heavy (non-hydrogen) atoms. The van der Waals surface area contributed by atoms with Gasteiger partial charge in [-0.2, -0.15) is 0 Å². The number of esters is 1. The Morgan fingerprint density at radius 2 is 1.91 bits per heavy atom. The van der Waals surface area contributed by atoms with Gasteiger partial charge in [0.25, 0.3) is 0 Å². The molecule has 5 heteroatoms. The highest BCUT2D eigenvalue weighted by atomic mass is 16.5. The average molecular weight is 471 g/mol. The molecule has 4 rings (SSSR count). The largest absolute Gasteiger partial charge is 0.469 e. The number of hydrogen-bond donors (Lipinski definition) is 3. The van der Waals surface area contributed by atoms with Crippen LogP contribution < -0.4 is 0 Å². The Kier molecular flexibility index (Phi) is 7.29. The quantitative estimate of drug-likeness (QED) is 0.389. The normalized spacial score (nSPS) is 39.3. The fraction of sp³-hybridized carbons (Fsp3) is 0.690. The second-order valence-electron chi connectivity index (χ2n) is 11.5. The lowest BCUT2D eigenvalue weighted by Gasteiger charge is -2.44. The molecule has 0 heterocycles. The van der Waals surface area contributed by atoms with E-state index in [2.05, 4.69) is 38.7 Å². The second kappa shape index (κ2) is 9.75. The van der Waals surface area contributed by atoms with Crippen molar-refractivity contribution >= 4 is 5.97 Å². The Morgan fingerprint density at radius 3 is 2.59 bits per heavy atom. The van der Waals surface area contributed by atoms with Crippen LogP contribution in [0.4, 0.5) is 0 Å². The SMILES string of the molecule is C=C1/C(=C\C=C2/CCC[C@]3(C)[C@@H]([C@H](C)/C=C/[C@@H](O)C4(C(=O)OC)CC4)CC[C@@H]23)C[C@@H](O)C[C@@H]1O. The molecule has 4 aliphatic carbocycles. The summed E-state index contributed by atoms with van der Waals surface area (Å²) in [7, 11) is 1.39. The Balaban J connectivity index is 1.47. The smallest absolute Gasteiger partial charge is 0.314 e. The first-order valence-electron chi connectivity index (χ1n) is 13.0. The molecule has 0 unspecified atom stereocenters. The van der Waals surface area contributed by atoms with Crippen molar-refractivity contribution in [3.8, 4) is 0 Å². The summed E-state index contributed by atoms with van der Waals surface area (Å²) in [6.45, 7) is 8.72. The maximum atomic E-state index is 12.1. The first-order chi connectivity index (χ1) is 16.1. The molecule has 4 aliphatic rings. The van der Waals surface area contributed by atoms with E-state index in [0.717, 1.165) is 36.8 Å². The van der Waals surface area contributed by atoms with Crippen molar-refractivity contribution in [3.05, 3.63) is 47.6 Å². The fourth-order valence-corrected chi connectivity index (χ4v) is 7.17. The van der Waals surface area contributed by atoms with Crippen molar-refractivity contribution < 1.29 is 24.9 Å². The lowest BCUT2D eigenvalue weighted by Crippen LogP contribution is -2.35. The molecule has 0 saturated heterocycles. The van der Waals surface area contributed by atoms with Crippen LogP contribution in [0.5, 0.6) is 0 Å². The maximum absolute atomic E-state index is 12.1. The number of rotatable bonds is 6. The van der Waals surface area contributed by atoms with E-state index in [1.165, 1.54) is 19.1 Å². The number of hydrogen-bond acceptors (Lipinski definition) is 5. The summed E-state index contributed by atoms with van der Waals surface area (Å²) in [4.78, 5) is 12.1. The molecule has 3 N–H and O–H groups in total. The number of aliphatic hydroxyl groups is 3. The van der Waals surface area contributed by atoms with Crippen LogP contribution in [0.25, 0.3) is 0 Å². The average Bonchev–Trinajstić information content (AvgIpc) is 3.54. The zero-order valence-corrected chi connectivity index (χ0v) is 21.0. The second-order valence-corrected chi connectivity index (χ2v) is 11.5. The fourth-order valence-electron chi connectivity index (χ4n) is 7.17. The number of methoxy groups -OCH3 is 1. The minimum Gasteiger partial charge on any atom is -0.469 e. The van der Waals surface area contributed by atoms with Gasteiger partial charge in [0.2, 0.25) is 0 Å². The zero-order valence-electron chi connectivity index (χ0n) is 21.0. The van der Waals surface area contributed by atoms with Crippen LogP contribution in [0.3, 0.4) is 0 Å². The molecule has 7 atom stereocenters. The summed E-state index contributed by atoms with van der Waals surface area (Å²) in [6, 6.07) is 0. The van der Waals surface area contributed by atoms with Crippen molar-refractivity contribution in [1.29, 1.82) is 0 Å². The van der Waals surface area contributed by atoms with Gasteiger partial charge in [0, 0.05) is 6.42 Å². The van der Waals surface area contributed by atoms with E-state index in [9.17, 15) is 20.1 Å². The Morgan fingerprint density at radius 1 is 1.18 bits per heavy atom. The lowest BCUT2D eigenvalue weighted by atomic mass is 9.61. The monoisotopic (exact) mass is 470 g/mol. The third-order valence-corrected chi connectivity index (χ3v) is 9.48. The molecule has 0 aromatic heterocycles. The maximum Gasteiger partial charge on any atom is 0.314 e. The molecule has 0 aromatic rings. The van der Waals surface area contributed by atoms with Gasteiger partial charge in [-0.05, 0) is 85.7 Å². The first kappa shape index (κ1) is 25.4. The minimum atomic E-state index is -0.782. The van der Waals surface area contributed by atoms with E-state index in [1.807, 2.05) is 6.08 Å². The molecule has 0 amide bonds. The molecule has 0 bridgehead atoms. The predicted octanol–water partition coefficient (Wildman–Crippen LogP) is 4.63. The summed E-state index contributed by atoms with van der Waals surface area (Å²) < 4.78 is 4.91. The van der Waals surface area contributed by atoms with Gasteiger partial charge in [-0.25, -0.2) is 0 Å². The zero-order chi connectivity index (χ0) is 24.7. The molecule has 0 radical (unpaired) electrons. The van der Waals surface area contributed by atoms with Gasteiger partial charge in [0.15, 0.2) is 0 Å². The van der Waals surface area contributed by atoms with E-state index in [4.69, 9.17) is 4.74 Å². The minimum absolute atomic E-state index is 0.208. The molecule has 5 nitrogen and oxygen atoms in total. The molecular formula is C29H42O5. The van der Waals surface area contributed by atoms with Gasteiger partial charge < -0.3 is 20.1 Å². The highest BCUT2D eigenvalue weighted by molar-refractivity contribution is 5.80. The highest BCUT2D eigenvalue weighted by Crippen LogP contribution is 2.59. The van der Waals surface area contributed by atoms with Crippen LogP contribution in [0.15, 0.2) is 47.6 Å². The number of allylic oxidation sites excluding steroid dienone is 4. The van der Waals surface area contributed by atoms with E-state index < -0.39 is 23.7 Å². The van der Waals surface area contributed by atoms with Crippen LogP contribution in [-0.2, 0) is 9.53 Å². The van der Waals surface area contributed by atoms with E-state index in [-0.39, 0.29) is 11.4 Å². The summed E-state index contributed by atoms with van der Waals surface area (Å²) in [5, 5.41) is 30.9. The van der Waals surface area contributed by atoms with Gasteiger partial charge in [-0.3, -0.25) is 4.79 Å². The highest BCUT2D eigenvalue weighted by Gasteiger charge is 2.56. The Labute approximate surface area is 204 Å². The van der Waals surface area contributed by atoms with Crippen molar-refractivity contribution in [1.82, 2.24) is 0 Å². The van der Waals surface area contributed by atoms with Crippen LogP contribution in [0.1, 0.15) is 71.6 Å². The summed E-state index contributed by atoms with van der Waals surface area (Å²) in [6.07, 6.45) is 14.4. The van der Waals surface area contributed by atoms with Crippen molar-refractivity contribution in [3.63, 3.8) is 0 Å². The van der Waals surface area contributed by atoms with Crippen molar-refractivity contribution in [2.75, 3.05) is 7.11 Å². The molecule has 0 spiro atoms. The van der Waals surface area contributed by atoms with Crippen LogP contribution in [0.2, 0.25) is 0 Å². The van der Waals surface area contributed by atoms with Gasteiger partial charge in [0.1, 0.15) is 0 Å². The van der Waals surface area contributed by atoms with Gasteiger partial charge in [-0.1, -0.05) is 50.3 Å². The van der Waals surface area contributed by atoms with E-state index in [0.29, 0.717) is 43.4 Å². The van der Waals surface area contributed by atoms with Crippen LogP contribution in [0, 0.1) is 28.6 Å². The number of aliphatic hydroxyl groups excluding tert-OH is 3. The summed E-state index contributed by atoms with van der Waals surface area (Å²) in [5.41, 5.74) is 2.66. The van der Waals surface area contributed by atoms with Crippen LogP contribution >= 0.6 is 0 Å². The molecule has 0 aromatic carbocycles. The van der Waals surface area contributed by atoms with Gasteiger partial charge in [-0.15, -0.1) is 0 Å². The number of ether oxygens (including phenoxy) is 1. The lowest BCUT2D eigenvalue weighted by molar-refractivity contribution is -0.150. The Bertz CT molecular complexity index is 894. The standard InChI is InChI=1S/C29H42O5/c1-18(7-12-26(32)29(14-15-29)27(33)34-4)23-10-11-24-20(6-5-13-28(23,24)3)8-9-21-16-22(30)17-25(31)19(21)2/h7-9,12,18,22-26,30-32H,2,5-6,10-11,13-17H2,1,3-4H3/b12-7+,20-8+,21-9-/t18-,22-,23-,24+,25+,26-,28-/m1/s1. The summed E-state index contributed by atoms with van der Waals surface area (Å²) >= 11 is 0. The molecule has 188 valence electrons. The topological polar surface area (TPSA) is 87.0 Å². The Hall–Kier alpha value is -1.69. The van der Waals surface area contributed by atoms with Gasteiger partial charge in [0.05, 0.1) is 30.8 Å². The van der Waals surface area contributed by atoms with E-state index >= 15 is 0 Å². The number of carbonyl (C=O) groups is 1. The summed E-state index contributed by atoms with van der Waals surface area (Å²) in [5.74, 6) is 1.07. The number of fused-ring (bicyclic) bond motifs is 1. The number of carbonyl (C=O) groups excluding carboxylic acids is 1. The third-order valence-electron chi connectivity index (χ3n) is 9.48. The molecular weight excluding hydrogens is 428 g/mol. The third kappa shape index (κ3) is 4.59. The first-order valence-corrected chi connectivity index (χ1v) is 13.0. The van der Waals surface area contributed by atoms with Crippen molar-refractivity contribution in [2.45, 2.75) is 89.9 Å². The molecule has 0 aliphatic heterocycles. The van der Waals surface area contributed by atoms with Gasteiger partial charge >= 0.3 is 5.97 Å². The molecule has 4 saturated carbocycles. The van der Waals surface area contributed by atoms with Crippen molar-refractivity contribution in [2.24, 2.45) is 28.6 Å². The predicted molar refractivity (Wildman–Crippen MR) is 133 cm³/mol. The molecule has 4 fully saturated rings. The van der Waals surface area contributed by atoms with E-state index in [1.54, 1.807) is 0 Å². The van der Waals surface area contributed by atoms with Crippen LogP contribution in [-0.4, -0.2) is 46.7 Å².